The first-order chi connectivity index (χ1) is 13.0. The van der Waals surface area contributed by atoms with E-state index < -0.39 is 0 Å². The van der Waals surface area contributed by atoms with Crippen molar-refractivity contribution in [2.24, 2.45) is 4.99 Å². The molecular weight excluding hydrogens is 326 g/mol. The lowest BCUT2D eigenvalue weighted by Gasteiger charge is -2.37. The molecule has 0 amide bonds. The van der Waals surface area contributed by atoms with E-state index in [1.54, 1.807) is 0 Å². The fourth-order valence-electron chi connectivity index (χ4n) is 4.23. The Labute approximate surface area is 162 Å². The van der Waals surface area contributed by atoms with Crippen LogP contribution in [0.1, 0.15) is 38.9 Å². The quantitative estimate of drug-likeness (QED) is 0.565. The van der Waals surface area contributed by atoms with Gasteiger partial charge in [-0.1, -0.05) is 83.4 Å². The van der Waals surface area contributed by atoms with Crippen LogP contribution >= 0.6 is 0 Å². The van der Waals surface area contributed by atoms with Crippen molar-refractivity contribution < 1.29 is 0 Å². The van der Waals surface area contributed by atoms with Crippen LogP contribution in [0.2, 0.25) is 0 Å². The molecule has 136 valence electrons. The average molecular weight is 354 g/mol. The van der Waals surface area contributed by atoms with Crippen LogP contribution in [0.25, 0.3) is 0 Å². The van der Waals surface area contributed by atoms with E-state index in [1.165, 1.54) is 38.9 Å². The maximum Gasteiger partial charge on any atom is 0.0493 e. The van der Waals surface area contributed by atoms with Crippen LogP contribution < -0.4 is 0 Å². The molecule has 0 fully saturated rings. The highest BCUT2D eigenvalue weighted by atomic mass is 14.8. The Balaban J connectivity index is 1.79. The maximum atomic E-state index is 4.82. The second-order valence-corrected chi connectivity index (χ2v) is 8.17. The molecule has 0 spiro atoms. The van der Waals surface area contributed by atoms with E-state index >= 15 is 0 Å². The number of rotatable bonds is 4. The molecule has 0 unspecified atom stereocenters. The van der Waals surface area contributed by atoms with Gasteiger partial charge >= 0.3 is 0 Å². The number of aliphatic imine (C=N–C) groups is 1. The van der Waals surface area contributed by atoms with Crippen molar-refractivity contribution >= 4 is 6.21 Å². The standard InChI is InChI=1S/C26H27N/c1-19-4-9-22(10-5-19)15-26(16-23-11-6-20(2)7-12-23)18-27-17-24-14-21(3)8-13-25(24)26/h4-14,17H,15-16,18H2,1-3H3. The van der Waals surface area contributed by atoms with Crippen molar-refractivity contribution in [2.45, 2.75) is 39.0 Å². The van der Waals surface area contributed by atoms with E-state index in [0.717, 1.165) is 19.4 Å². The van der Waals surface area contributed by atoms with Gasteiger partial charge in [0, 0.05) is 18.2 Å². The molecule has 1 aliphatic rings. The summed E-state index contributed by atoms with van der Waals surface area (Å²) in [6, 6.07) is 24.8. The topological polar surface area (TPSA) is 12.4 Å². The first kappa shape index (κ1) is 17.7. The average Bonchev–Trinajstić information content (AvgIpc) is 2.66. The van der Waals surface area contributed by atoms with Crippen LogP contribution in [0.15, 0.2) is 71.7 Å². The third-order valence-corrected chi connectivity index (χ3v) is 5.73. The van der Waals surface area contributed by atoms with Gasteiger partial charge in [-0.25, -0.2) is 0 Å². The molecule has 1 nitrogen and oxygen atoms in total. The molecule has 0 saturated carbocycles. The van der Waals surface area contributed by atoms with Crippen LogP contribution in [0, 0.1) is 20.8 Å². The predicted molar refractivity (Wildman–Crippen MR) is 115 cm³/mol. The Morgan fingerprint density at radius 2 is 1.22 bits per heavy atom. The Kier molecular flexibility index (Phi) is 4.70. The highest BCUT2D eigenvalue weighted by Crippen LogP contribution is 2.37. The van der Waals surface area contributed by atoms with Gasteiger partial charge in [0.25, 0.3) is 0 Å². The zero-order chi connectivity index (χ0) is 18.9. The molecule has 0 aromatic heterocycles. The number of benzene rings is 3. The first-order valence-corrected chi connectivity index (χ1v) is 9.76. The number of hydrogen-bond acceptors (Lipinski definition) is 1. The Bertz CT molecular complexity index is 915. The molecule has 0 aliphatic carbocycles. The molecule has 3 aromatic carbocycles. The lowest BCUT2D eigenvalue weighted by molar-refractivity contribution is 0.427. The summed E-state index contributed by atoms with van der Waals surface area (Å²) in [6.07, 6.45) is 4.08. The Morgan fingerprint density at radius 1 is 0.704 bits per heavy atom. The summed E-state index contributed by atoms with van der Waals surface area (Å²) in [5, 5.41) is 0. The number of hydrogen-bond donors (Lipinski definition) is 0. The number of aryl methyl sites for hydroxylation is 3. The highest BCUT2D eigenvalue weighted by Gasteiger charge is 2.36. The van der Waals surface area contributed by atoms with Gasteiger partial charge in [0.15, 0.2) is 0 Å². The molecule has 1 heteroatoms. The molecule has 0 N–H and O–H groups in total. The van der Waals surface area contributed by atoms with Crippen molar-refractivity contribution in [1.29, 1.82) is 0 Å². The van der Waals surface area contributed by atoms with Gasteiger partial charge in [-0.3, -0.25) is 4.99 Å². The van der Waals surface area contributed by atoms with Gasteiger partial charge in [0.2, 0.25) is 0 Å². The molecule has 0 radical (unpaired) electrons. The zero-order valence-corrected chi connectivity index (χ0v) is 16.5. The second-order valence-electron chi connectivity index (χ2n) is 8.17. The van der Waals surface area contributed by atoms with E-state index in [4.69, 9.17) is 4.99 Å². The van der Waals surface area contributed by atoms with Gasteiger partial charge in [-0.15, -0.1) is 0 Å². The van der Waals surface area contributed by atoms with Gasteiger partial charge < -0.3 is 0 Å². The Hall–Kier alpha value is -2.67. The van der Waals surface area contributed by atoms with E-state index in [1.807, 2.05) is 0 Å². The third-order valence-electron chi connectivity index (χ3n) is 5.73. The van der Waals surface area contributed by atoms with Crippen LogP contribution in [0.5, 0.6) is 0 Å². The first-order valence-electron chi connectivity index (χ1n) is 9.76. The fourth-order valence-corrected chi connectivity index (χ4v) is 4.23. The molecule has 1 heterocycles. The molecule has 0 atom stereocenters. The van der Waals surface area contributed by atoms with E-state index in [0.29, 0.717) is 0 Å². The fraction of sp³-hybridized carbons (Fsp3) is 0.269. The smallest absolute Gasteiger partial charge is 0.0493 e. The summed E-state index contributed by atoms with van der Waals surface area (Å²) in [7, 11) is 0. The lowest BCUT2D eigenvalue weighted by atomic mass is 9.68. The molecule has 4 rings (SSSR count). The van der Waals surface area contributed by atoms with Crippen LogP contribution in [-0.4, -0.2) is 12.8 Å². The normalized spacial score (nSPS) is 14.8. The summed E-state index contributed by atoms with van der Waals surface area (Å²) < 4.78 is 0. The summed E-state index contributed by atoms with van der Waals surface area (Å²) >= 11 is 0. The number of nitrogens with zero attached hydrogens (tertiary/aromatic N) is 1. The third kappa shape index (κ3) is 3.73. The summed E-state index contributed by atoms with van der Waals surface area (Å²) in [5.74, 6) is 0. The summed E-state index contributed by atoms with van der Waals surface area (Å²) in [6.45, 7) is 7.29. The van der Waals surface area contributed by atoms with Crippen LogP contribution in [-0.2, 0) is 18.3 Å². The minimum atomic E-state index is 0.00228. The van der Waals surface area contributed by atoms with Gasteiger partial charge in [0.05, 0.1) is 0 Å². The minimum Gasteiger partial charge on any atom is -0.292 e. The van der Waals surface area contributed by atoms with Crippen molar-refractivity contribution in [3.05, 3.63) is 106 Å². The Morgan fingerprint density at radius 3 is 1.78 bits per heavy atom. The van der Waals surface area contributed by atoms with Crippen molar-refractivity contribution in [3.8, 4) is 0 Å². The monoisotopic (exact) mass is 353 g/mol. The van der Waals surface area contributed by atoms with E-state index in [2.05, 4.69) is 93.7 Å². The number of fused-ring (bicyclic) bond motifs is 1. The van der Waals surface area contributed by atoms with Gasteiger partial charge in [-0.05, 0) is 55.9 Å². The van der Waals surface area contributed by atoms with Crippen molar-refractivity contribution in [1.82, 2.24) is 0 Å². The zero-order valence-electron chi connectivity index (χ0n) is 16.5. The molecule has 27 heavy (non-hydrogen) atoms. The molecule has 0 saturated heterocycles. The van der Waals surface area contributed by atoms with E-state index in [-0.39, 0.29) is 5.41 Å². The van der Waals surface area contributed by atoms with E-state index in [9.17, 15) is 0 Å². The highest BCUT2D eigenvalue weighted by molar-refractivity contribution is 5.84. The summed E-state index contributed by atoms with van der Waals surface area (Å²) in [5.41, 5.74) is 9.40. The van der Waals surface area contributed by atoms with Gasteiger partial charge in [0.1, 0.15) is 0 Å². The largest absolute Gasteiger partial charge is 0.292 e. The lowest BCUT2D eigenvalue weighted by Crippen LogP contribution is -2.38. The van der Waals surface area contributed by atoms with Crippen molar-refractivity contribution in [2.75, 3.05) is 6.54 Å². The summed E-state index contributed by atoms with van der Waals surface area (Å²) in [4.78, 5) is 4.82. The molecule has 0 bridgehead atoms. The molecular formula is C26H27N. The molecule has 1 aliphatic heterocycles. The van der Waals surface area contributed by atoms with Crippen LogP contribution in [0.3, 0.4) is 0 Å². The molecule has 3 aromatic rings. The maximum absolute atomic E-state index is 4.82. The van der Waals surface area contributed by atoms with Gasteiger partial charge in [-0.2, -0.15) is 0 Å². The minimum absolute atomic E-state index is 0.00228. The predicted octanol–water partition coefficient (Wildman–Crippen LogP) is 5.77. The SMILES string of the molecule is Cc1ccc(CC2(Cc3ccc(C)cc3)CN=Cc3cc(C)ccc32)cc1. The second kappa shape index (κ2) is 7.15. The van der Waals surface area contributed by atoms with Crippen molar-refractivity contribution in [3.63, 3.8) is 0 Å². The van der Waals surface area contributed by atoms with Crippen LogP contribution in [0.4, 0.5) is 0 Å².